The molecule has 2 aliphatic heterocycles. The number of sulfone groups is 1. The predicted octanol–water partition coefficient (Wildman–Crippen LogP) is 4.58. The van der Waals surface area contributed by atoms with Crippen molar-refractivity contribution in [3.8, 4) is 23.0 Å². The Kier molecular flexibility index (Phi) is 6.00. The third kappa shape index (κ3) is 4.51. The predicted molar refractivity (Wildman–Crippen MR) is 140 cm³/mol. The molecule has 6 rings (SSSR count). The van der Waals surface area contributed by atoms with E-state index >= 15 is 0 Å². The Morgan fingerprint density at radius 3 is 2.19 bits per heavy atom. The van der Waals surface area contributed by atoms with Gasteiger partial charge < -0.3 is 23.7 Å². The normalized spacial score (nSPS) is 15.6. The minimum absolute atomic E-state index is 0.0877. The average Bonchev–Trinajstić information content (AvgIpc) is 3.40. The molecule has 2 aliphatic rings. The molecular formula is C28H27N3O5S. The molecule has 4 aromatic rings. The largest absolute Gasteiger partial charge is 0.486 e. The van der Waals surface area contributed by atoms with Gasteiger partial charge in [0.1, 0.15) is 13.2 Å². The van der Waals surface area contributed by atoms with Gasteiger partial charge in [0.25, 0.3) is 0 Å². The maximum absolute atomic E-state index is 13.9. The minimum Gasteiger partial charge on any atom is -0.486 e. The monoisotopic (exact) mass is 517 g/mol. The van der Waals surface area contributed by atoms with E-state index < -0.39 is 9.84 Å². The van der Waals surface area contributed by atoms with E-state index in [2.05, 4.69) is 22.0 Å². The molecule has 0 spiro atoms. The van der Waals surface area contributed by atoms with Crippen LogP contribution in [0.3, 0.4) is 0 Å². The molecule has 0 unspecified atom stereocenters. The molecule has 0 saturated carbocycles. The quantitative estimate of drug-likeness (QED) is 0.380. The Morgan fingerprint density at radius 2 is 1.46 bits per heavy atom. The zero-order valence-corrected chi connectivity index (χ0v) is 21.3. The summed E-state index contributed by atoms with van der Waals surface area (Å²) < 4.78 is 45.2. The number of oxazole rings is 1. The number of aromatic nitrogens is 1. The third-order valence-corrected chi connectivity index (χ3v) is 8.29. The first-order chi connectivity index (χ1) is 18.0. The van der Waals surface area contributed by atoms with Crippen molar-refractivity contribution in [2.75, 3.05) is 49.2 Å². The van der Waals surface area contributed by atoms with Crippen LogP contribution in [0.25, 0.3) is 11.5 Å². The maximum atomic E-state index is 13.9. The van der Waals surface area contributed by atoms with Crippen LogP contribution in [0, 0.1) is 6.92 Å². The summed E-state index contributed by atoms with van der Waals surface area (Å²) in [6.45, 7) is 5.45. The van der Waals surface area contributed by atoms with Gasteiger partial charge in [0, 0.05) is 43.5 Å². The number of nitrogens with zero attached hydrogens (tertiary/aromatic N) is 3. The molecule has 3 aromatic carbocycles. The molecule has 37 heavy (non-hydrogen) atoms. The number of anilines is 2. The van der Waals surface area contributed by atoms with Crippen LogP contribution in [0.5, 0.6) is 11.5 Å². The van der Waals surface area contributed by atoms with Crippen LogP contribution in [0.1, 0.15) is 5.56 Å². The summed E-state index contributed by atoms with van der Waals surface area (Å²) in [5.74, 6) is 1.48. The minimum atomic E-state index is -4.01. The first-order valence-corrected chi connectivity index (χ1v) is 13.7. The van der Waals surface area contributed by atoms with E-state index in [4.69, 9.17) is 13.9 Å². The van der Waals surface area contributed by atoms with Gasteiger partial charge in [0.15, 0.2) is 11.5 Å². The maximum Gasteiger partial charge on any atom is 0.236 e. The van der Waals surface area contributed by atoms with Crippen molar-refractivity contribution in [3.63, 3.8) is 0 Å². The Bertz CT molecular complexity index is 1510. The number of hydrogen-bond acceptors (Lipinski definition) is 8. The van der Waals surface area contributed by atoms with Crippen LogP contribution in [0.4, 0.5) is 11.6 Å². The molecular weight excluding hydrogens is 490 g/mol. The number of para-hydroxylation sites is 1. The Labute approximate surface area is 216 Å². The standard InChI is InChI=1S/C28H27N3O5S/c1-20-7-9-21(10-8-20)26-29-27(37(32,33)23-11-12-24-25(19-23)35-18-17-34-24)28(36-26)31-15-13-30(14-16-31)22-5-3-2-4-6-22/h2-12,19H,13-18H2,1H3. The summed E-state index contributed by atoms with van der Waals surface area (Å²) in [4.78, 5) is 8.88. The average molecular weight is 518 g/mol. The number of hydrogen-bond donors (Lipinski definition) is 0. The lowest BCUT2D eigenvalue weighted by Crippen LogP contribution is -2.46. The molecule has 9 heteroatoms. The Morgan fingerprint density at radius 1 is 0.784 bits per heavy atom. The number of fused-ring (bicyclic) bond motifs is 1. The summed E-state index contributed by atoms with van der Waals surface area (Å²) in [6, 6.07) is 22.5. The summed E-state index contributed by atoms with van der Waals surface area (Å²) in [5, 5.41) is -0.0899. The highest BCUT2D eigenvalue weighted by atomic mass is 32.2. The molecule has 0 atom stereocenters. The van der Waals surface area contributed by atoms with E-state index in [1.807, 2.05) is 54.3 Å². The van der Waals surface area contributed by atoms with E-state index in [1.165, 1.54) is 12.1 Å². The lowest BCUT2D eigenvalue weighted by molar-refractivity contribution is 0.171. The van der Waals surface area contributed by atoms with Crippen LogP contribution >= 0.6 is 0 Å². The Hall–Kier alpha value is -3.98. The van der Waals surface area contributed by atoms with Gasteiger partial charge in [-0.15, -0.1) is 0 Å². The first kappa shape index (κ1) is 23.4. The van der Waals surface area contributed by atoms with Crippen LogP contribution in [0.15, 0.2) is 87.1 Å². The van der Waals surface area contributed by atoms with Crippen LogP contribution in [-0.4, -0.2) is 52.8 Å². The second kappa shape index (κ2) is 9.48. The summed E-state index contributed by atoms with van der Waals surface area (Å²) in [6.07, 6.45) is 0. The number of rotatable bonds is 5. The number of benzene rings is 3. The third-order valence-electron chi connectivity index (χ3n) is 6.64. The second-order valence-corrected chi connectivity index (χ2v) is 11.0. The molecule has 1 fully saturated rings. The van der Waals surface area contributed by atoms with Crippen molar-refractivity contribution in [1.82, 2.24) is 4.98 Å². The fourth-order valence-electron chi connectivity index (χ4n) is 4.60. The van der Waals surface area contributed by atoms with Crippen LogP contribution in [0.2, 0.25) is 0 Å². The van der Waals surface area contributed by atoms with Gasteiger partial charge >= 0.3 is 0 Å². The molecule has 0 aliphatic carbocycles. The lowest BCUT2D eigenvalue weighted by atomic mass is 10.1. The van der Waals surface area contributed by atoms with Crippen molar-refractivity contribution in [3.05, 3.63) is 78.4 Å². The number of ether oxygens (including phenoxy) is 2. The van der Waals surface area contributed by atoms with Gasteiger partial charge in [0.2, 0.25) is 26.6 Å². The summed E-state index contributed by atoms with van der Waals surface area (Å²) >= 11 is 0. The van der Waals surface area contributed by atoms with Crippen LogP contribution in [-0.2, 0) is 9.84 Å². The van der Waals surface area contributed by atoms with Crippen molar-refractivity contribution >= 4 is 21.4 Å². The summed E-state index contributed by atoms with van der Waals surface area (Å²) in [7, 11) is -4.01. The SMILES string of the molecule is Cc1ccc(-c2nc(S(=O)(=O)c3ccc4c(c3)OCCO4)c(N3CCN(c4ccccc4)CC3)o2)cc1. The summed E-state index contributed by atoms with van der Waals surface area (Å²) in [5.41, 5.74) is 2.96. The van der Waals surface area contributed by atoms with Gasteiger partial charge in [-0.2, -0.15) is 4.98 Å². The molecule has 190 valence electrons. The number of aryl methyl sites for hydroxylation is 1. The molecule has 0 amide bonds. The van der Waals surface area contributed by atoms with Crippen molar-refractivity contribution in [2.24, 2.45) is 0 Å². The topological polar surface area (TPSA) is 85.1 Å². The highest BCUT2D eigenvalue weighted by Gasteiger charge is 2.33. The zero-order chi connectivity index (χ0) is 25.4. The van der Waals surface area contributed by atoms with Gasteiger partial charge in [-0.3, -0.25) is 0 Å². The zero-order valence-electron chi connectivity index (χ0n) is 20.5. The van der Waals surface area contributed by atoms with Crippen molar-refractivity contribution in [2.45, 2.75) is 16.8 Å². The highest BCUT2D eigenvalue weighted by Crippen LogP contribution is 2.38. The highest BCUT2D eigenvalue weighted by molar-refractivity contribution is 7.91. The Balaban J connectivity index is 1.37. The number of piperazine rings is 1. The fourth-order valence-corrected chi connectivity index (χ4v) is 5.94. The van der Waals surface area contributed by atoms with Gasteiger partial charge in [-0.05, 0) is 43.3 Å². The fraction of sp³-hybridized carbons (Fsp3) is 0.250. The lowest BCUT2D eigenvalue weighted by Gasteiger charge is -2.36. The second-order valence-electron chi connectivity index (χ2n) is 9.11. The van der Waals surface area contributed by atoms with Crippen LogP contribution < -0.4 is 19.3 Å². The van der Waals surface area contributed by atoms with E-state index in [-0.39, 0.29) is 21.7 Å². The molecule has 0 N–H and O–H groups in total. The molecule has 8 nitrogen and oxygen atoms in total. The van der Waals surface area contributed by atoms with E-state index in [0.717, 1.165) is 29.9 Å². The van der Waals surface area contributed by atoms with Gasteiger partial charge in [0.05, 0.1) is 4.90 Å². The molecule has 0 bridgehead atoms. The van der Waals surface area contributed by atoms with E-state index in [1.54, 1.807) is 6.07 Å². The molecule has 0 radical (unpaired) electrons. The van der Waals surface area contributed by atoms with Gasteiger partial charge in [-0.25, -0.2) is 8.42 Å². The smallest absolute Gasteiger partial charge is 0.236 e. The van der Waals surface area contributed by atoms with Crippen molar-refractivity contribution in [1.29, 1.82) is 0 Å². The van der Waals surface area contributed by atoms with Gasteiger partial charge in [-0.1, -0.05) is 35.9 Å². The molecule has 1 aromatic heterocycles. The van der Waals surface area contributed by atoms with E-state index in [0.29, 0.717) is 37.8 Å². The first-order valence-electron chi connectivity index (χ1n) is 12.3. The van der Waals surface area contributed by atoms with Crippen molar-refractivity contribution < 1.29 is 22.3 Å². The molecule has 1 saturated heterocycles. The molecule has 3 heterocycles. The van der Waals surface area contributed by atoms with E-state index in [9.17, 15) is 8.42 Å².